The standard InChI is InChI=1S/C27H37N3O5S/c1-4-25(27(32)28-22-12-8-9-13-22)29(19-18-21-10-6-5-7-11-21)26(31)20-30(36(3,33)34)23-14-16-24(35-2)17-15-23/h5-7,10-11,14-17,22,25H,4,8-9,12-13,18-20H2,1-3H3,(H,28,32). The van der Waals surface area contributed by atoms with Gasteiger partial charge in [0.2, 0.25) is 21.8 Å². The summed E-state index contributed by atoms with van der Waals surface area (Å²) in [6.07, 6.45) is 6.12. The number of amides is 2. The van der Waals surface area contributed by atoms with Crippen LogP contribution in [0.15, 0.2) is 54.6 Å². The number of sulfonamides is 1. The molecular formula is C27H37N3O5S. The third-order valence-electron chi connectivity index (χ3n) is 6.61. The number of anilines is 1. The van der Waals surface area contributed by atoms with E-state index >= 15 is 0 Å². The summed E-state index contributed by atoms with van der Waals surface area (Å²) in [7, 11) is -2.23. The Bertz CT molecular complexity index is 1100. The maximum atomic E-state index is 13.7. The molecular weight excluding hydrogens is 478 g/mol. The fraction of sp³-hybridized carbons (Fsp3) is 0.481. The van der Waals surface area contributed by atoms with Gasteiger partial charge in [-0.15, -0.1) is 0 Å². The minimum atomic E-state index is -3.76. The van der Waals surface area contributed by atoms with Crippen molar-refractivity contribution in [3.8, 4) is 5.75 Å². The van der Waals surface area contributed by atoms with Gasteiger partial charge in [0, 0.05) is 12.6 Å². The lowest BCUT2D eigenvalue weighted by molar-refractivity contribution is -0.139. The number of nitrogens with one attached hydrogen (secondary N) is 1. The highest BCUT2D eigenvalue weighted by atomic mass is 32.2. The van der Waals surface area contributed by atoms with E-state index in [9.17, 15) is 18.0 Å². The number of ether oxygens (including phenoxy) is 1. The molecule has 0 heterocycles. The summed E-state index contributed by atoms with van der Waals surface area (Å²) in [4.78, 5) is 28.5. The molecule has 196 valence electrons. The predicted molar refractivity (Wildman–Crippen MR) is 142 cm³/mol. The molecule has 1 unspecified atom stereocenters. The summed E-state index contributed by atoms with van der Waals surface area (Å²) in [6.45, 7) is 1.78. The van der Waals surface area contributed by atoms with Crippen LogP contribution in [0.3, 0.4) is 0 Å². The molecule has 8 nitrogen and oxygen atoms in total. The number of carbonyl (C=O) groups excluding carboxylic acids is 2. The van der Waals surface area contributed by atoms with E-state index in [1.165, 1.54) is 7.11 Å². The Morgan fingerprint density at radius 2 is 1.69 bits per heavy atom. The molecule has 3 rings (SSSR count). The molecule has 0 aromatic heterocycles. The van der Waals surface area contributed by atoms with Crippen LogP contribution in [0.2, 0.25) is 0 Å². The van der Waals surface area contributed by atoms with Crippen molar-refractivity contribution in [1.29, 1.82) is 0 Å². The minimum Gasteiger partial charge on any atom is -0.497 e. The Morgan fingerprint density at radius 1 is 1.06 bits per heavy atom. The first-order valence-corrected chi connectivity index (χ1v) is 14.3. The lowest BCUT2D eigenvalue weighted by atomic mass is 10.1. The van der Waals surface area contributed by atoms with Crippen molar-refractivity contribution in [3.05, 3.63) is 60.2 Å². The van der Waals surface area contributed by atoms with Crippen molar-refractivity contribution in [1.82, 2.24) is 10.2 Å². The van der Waals surface area contributed by atoms with Crippen molar-refractivity contribution in [2.24, 2.45) is 0 Å². The number of hydrogen-bond donors (Lipinski definition) is 1. The van der Waals surface area contributed by atoms with Gasteiger partial charge in [0.05, 0.1) is 19.1 Å². The zero-order valence-electron chi connectivity index (χ0n) is 21.4. The lowest BCUT2D eigenvalue weighted by Gasteiger charge is -2.33. The van der Waals surface area contributed by atoms with E-state index in [4.69, 9.17) is 4.74 Å². The van der Waals surface area contributed by atoms with Crippen LogP contribution in [-0.2, 0) is 26.0 Å². The van der Waals surface area contributed by atoms with Gasteiger partial charge < -0.3 is 15.0 Å². The van der Waals surface area contributed by atoms with Gasteiger partial charge in [0.25, 0.3) is 0 Å². The van der Waals surface area contributed by atoms with Crippen molar-refractivity contribution in [2.75, 3.05) is 30.8 Å². The van der Waals surface area contributed by atoms with Gasteiger partial charge in [0.15, 0.2) is 0 Å². The molecule has 1 aliphatic rings. The molecule has 2 aromatic rings. The number of hydrogen-bond acceptors (Lipinski definition) is 5. The molecule has 1 aliphatic carbocycles. The second-order valence-electron chi connectivity index (χ2n) is 9.20. The molecule has 0 radical (unpaired) electrons. The molecule has 9 heteroatoms. The highest BCUT2D eigenvalue weighted by Gasteiger charge is 2.32. The number of carbonyl (C=O) groups is 2. The third-order valence-corrected chi connectivity index (χ3v) is 7.75. The molecule has 1 saturated carbocycles. The van der Waals surface area contributed by atoms with E-state index in [2.05, 4.69) is 5.32 Å². The summed E-state index contributed by atoms with van der Waals surface area (Å²) in [5, 5.41) is 3.11. The molecule has 2 aromatic carbocycles. The van der Waals surface area contributed by atoms with Crippen molar-refractivity contribution in [3.63, 3.8) is 0 Å². The highest BCUT2D eigenvalue weighted by molar-refractivity contribution is 7.92. The van der Waals surface area contributed by atoms with Gasteiger partial charge in [-0.25, -0.2) is 8.42 Å². The molecule has 1 N–H and O–H groups in total. The number of rotatable bonds is 12. The first kappa shape index (κ1) is 27.5. The molecule has 1 atom stereocenters. The fourth-order valence-electron chi connectivity index (χ4n) is 4.63. The van der Waals surface area contributed by atoms with E-state index in [1.807, 2.05) is 37.3 Å². The average molecular weight is 516 g/mol. The van der Waals surface area contributed by atoms with Crippen LogP contribution in [0.25, 0.3) is 0 Å². The second kappa shape index (κ2) is 12.8. The molecule has 36 heavy (non-hydrogen) atoms. The van der Waals surface area contributed by atoms with Crippen molar-refractivity contribution >= 4 is 27.5 Å². The summed E-state index contributed by atoms with van der Waals surface area (Å²) in [6, 6.07) is 15.7. The molecule has 1 fully saturated rings. The van der Waals surface area contributed by atoms with Gasteiger partial charge in [-0.2, -0.15) is 0 Å². The van der Waals surface area contributed by atoms with E-state index in [0.717, 1.165) is 41.8 Å². The number of methoxy groups -OCH3 is 1. The number of benzene rings is 2. The number of nitrogens with zero attached hydrogens (tertiary/aromatic N) is 2. The maximum absolute atomic E-state index is 13.7. The quantitative estimate of drug-likeness (QED) is 0.468. The Balaban J connectivity index is 1.85. The van der Waals surface area contributed by atoms with Gasteiger partial charge in [-0.3, -0.25) is 13.9 Å². The van der Waals surface area contributed by atoms with Gasteiger partial charge in [0.1, 0.15) is 18.3 Å². The Labute approximate surface area is 214 Å². The minimum absolute atomic E-state index is 0.129. The van der Waals surface area contributed by atoms with E-state index in [0.29, 0.717) is 30.8 Å². The van der Waals surface area contributed by atoms with Crippen molar-refractivity contribution in [2.45, 2.75) is 57.5 Å². The first-order chi connectivity index (χ1) is 17.2. The molecule has 0 aliphatic heterocycles. The predicted octanol–water partition coefficient (Wildman–Crippen LogP) is 3.37. The van der Waals surface area contributed by atoms with Gasteiger partial charge in [-0.1, -0.05) is 50.1 Å². The summed E-state index contributed by atoms with van der Waals surface area (Å²) in [5.41, 5.74) is 1.40. The molecule has 2 amide bonds. The van der Waals surface area contributed by atoms with Crippen LogP contribution in [0.1, 0.15) is 44.6 Å². The highest BCUT2D eigenvalue weighted by Crippen LogP contribution is 2.23. The van der Waals surface area contributed by atoms with E-state index in [-0.39, 0.29) is 11.9 Å². The third kappa shape index (κ3) is 7.46. The van der Waals surface area contributed by atoms with E-state index in [1.54, 1.807) is 29.2 Å². The molecule has 0 saturated heterocycles. The molecule has 0 bridgehead atoms. The summed E-state index contributed by atoms with van der Waals surface area (Å²) < 4.78 is 31.6. The lowest BCUT2D eigenvalue weighted by Crippen LogP contribution is -2.54. The maximum Gasteiger partial charge on any atom is 0.244 e. The average Bonchev–Trinajstić information content (AvgIpc) is 3.38. The van der Waals surface area contributed by atoms with Crippen LogP contribution in [0.4, 0.5) is 5.69 Å². The Hall–Kier alpha value is -3.07. The zero-order chi connectivity index (χ0) is 26.1. The Morgan fingerprint density at radius 3 is 2.25 bits per heavy atom. The van der Waals surface area contributed by atoms with Gasteiger partial charge >= 0.3 is 0 Å². The molecule has 0 spiro atoms. The SMILES string of the molecule is CCC(C(=O)NC1CCCC1)N(CCc1ccccc1)C(=O)CN(c1ccc(OC)cc1)S(C)(=O)=O. The summed E-state index contributed by atoms with van der Waals surface area (Å²) >= 11 is 0. The van der Waals surface area contributed by atoms with Crippen LogP contribution >= 0.6 is 0 Å². The second-order valence-corrected chi connectivity index (χ2v) is 11.1. The first-order valence-electron chi connectivity index (χ1n) is 12.5. The fourth-order valence-corrected chi connectivity index (χ4v) is 5.48. The van der Waals surface area contributed by atoms with Gasteiger partial charge in [-0.05, 0) is 55.5 Å². The topological polar surface area (TPSA) is 96.0 Å². The van der Waals surface area contributed by atoms with Crippen molar-refractivity contribution < 1.29 is 22.7 Å². The monoisotopic (exact) mass is 515 g/mol. The van der Waals surface area contributed by atoms with Crippen LogP contribution in [0, 0.1) is 0 Å². The van der Waals surface area contributed by atoms with Crippen LogP contribution < -0.4 is 14.4 Å². The Kier molecular flexibility index (Phi) is 9.75. The smallest absolute Gasteiger partial charge is 0.244 e. The largest absolute Gasteiger partial charge is 0.497 e. The van der Waals surface area contributed by atoms with Crippen LogP contribution in [0.5, 0.6) is 5.75 Å². The summed E-state index contributed by atoms with van der Waals surface area (Å²) in [5.74, 6) is -0.0144. The van der Waals surface area contributed by atoms with E-state index < -0.39 is 28.5 Å². The zero-order valence-corrected chi connectivity index (χ0v) is 22.2. The van der Waals surface area contributed by atoms with Crippen LogP contribution in [-0.4, -0.2) is 63.7 Å². The normalized spacial score (nSPS) is 14.8.